The Morgan fingerprint density at radius 1 is 1.04 bits per heavy atom. The van der Waals surface area contributed by atoms with E-state index in [1.165, 1.54) is 12.1 Å². The van der Waals surface area contributed by atoms with Crippen molar-refractivity contribution in [3.8, 4) is 11.3 Å². The van der Waals surface area contributed by atoms with Crippen LogP contribution in [0.3, 0.4) is 0 Å². The fraction of sp³-hybridized carbons (Fsp3) is 0. The van der Waals surface area contributed by atoms with Crippen molar-refractivity contribution < 1.29 is 13.8 Å². The summed E-state index contributed by atoms with van der Waals surface area (Å²) in [6.07, 6.45) is 1.61. The molecular formula is C19H11ClN2O4. The van der Waals surface area contributed by atoms with Gasteiger partial charge in [-0.3, -0.25) is 10.1 Å². The molecule has 0 bridgehead atoms. The third kappa shape index (κ3) is 3.10. The van der Waals surface area contributed by atoms with Crippen molar-refractivity contribution in [3.63, 3.8) is 0 Å². The van der Waals surface area contributed by atoms with Crippen LogP contribution in [0, 0.1) is 10.1 Å². The first kappa shape index (κ1) is 16.1. The number of para-hydroxylation sites is 2. The van der Waals surface area contributed by atoms with Gasteiger partial charge in [0.05, 0.1) is 4.92 Å². The minimum Gasteiger partial charge on any atom is -0.457 e. The second kappa shape index (κ2) is 6.50. The third-order valence-corrected chi connectivity index (χ3v) is 4.03. The van der Waals surface area contributed by atoms with E-state index in [4.69, 9.17) is 20.4 Å². The van der Waals surface area contributed by atoms with E-state index in [2.05, 4.69) is 4.98 Å². The molecule has 6 nitrogen and oxygen atoms in total. The van der Waals surface area contributed by atoms with Gasteiger partial charge in [0.15, 0.2) is 5.58 Å². The molecule has 2 heterocycles. The summed E-state index contributed by atoms with van der Waals surface area (Å²) in [6, 6.07) is 17.0. The number of fused-ring (bicyclic) bond motifs is 1. The highest BCUT2D eigenvalue weighted by Crippen LogP contribution is 2.29. The lowest BCUT2D eigenvalue weighted by Crippen LogP contribution is -1.86. The minimum atomic E-state index is -0.444. The molecule has 128 valence electrons. The van der Waals surface area contributed by atoms with Gasteiger partial charge in [0.25, 0.3) is 5.69 Å². The largest absolute Gasteiger partial charge is 0.457 e. The Hall–Kier alpha value is -3.38. The fourth-order valence-corrected chi connectivity index (χ4v) is 2.68. The Kier molecular flexibility index (Phi) is 4.02. The molecule has 4 rings (SSSR count). The topological polar surface area (TPSA) is 82.3 Å². The molecule has 0 saturated heterocycles. The minimum absolute atomic E-state index is 0.0272. The zero-order valence-corrected chi connectivity index (χ0v) is 14.0. The van der Waals surface area contributed by atoms with Crippen LogP contribution in [0.4, 0.5) is 5.69 Å². The summed E-state index contributed by atoms with van der Waals surface area (Å²) in [5.74, 6) is 1.40. The molecule has 0 unspecified atom stereocenters. The molecule has 2 aromatic heterocycles. The van der Waals surface area contributed by atoms with Gasteiger partial charge < -0.3 is 8.83 Å². The Morgan fingerprint density at radius 2 is 1.81 bits per heavy atom. The fourth-order valence-electron chi connectivity index (χ4n) is 2.49. The summed E-state index contributed by atoms with van der Waals surface area (Å²) < 4.78 is 11.3. The van der Waals surface area contributed by atoms with Gasteiger partial charge in [0, 0.05) is 23.8 Å². The number of aromatic nitrogens is 1. The Bertz CT molecular complexity index is 1090. The number of hydrogen-bond donors (Lipinski definition) is 0. The van der Waals surface area contributed by atoms with E-state index in [-0.39, 0.29) is 5.69 Å². The molecule has 26 heavy (non-hydrogen) atoms. The summed E-state index contributed by atoms with van der Waals surface area (Å²) in [7, 11) is 0. The highest BCUT2D eigenvalue weighted by atomic mass is 35.5. The molecular weight excluding hydrogens is 356 g/mol. The van der Waals surface area contributed by atoms with Crippen molar-refractivity contribution in [1.29, 1.82) is 0 Å². The van der Waals surface area contributed by atoms with Crippen molar-refractivity contribution in [3.05, 3.63) is 82.4 Å². The van der Waals surface area contributed by atoms with Gasteiger partial charge in [0.1, 0.15) is 22.1 Å². The second-order valence-electron chi connectivity index (χ2n) is 5.49. The average molecular weight is 367 g/mol. The Balaban J connectivity index is 1.60. The normalized spacial score (nSPS) is 11.8. The first-order valence-corrected chi connectivity index (χ1v) is 8.06. The standard InChI is InChI=1S/C19H11ClN2O4/c20-15(19-21-16-3-1-2-4-18(16)26-19)11-14-9-10-17(25-14)12-5-7-13(8-6-12)22(23)24/h1-11H/b15-11-. The highest BCUT2D eigenvalue weighted by Gasteiger charge is 2.11. The molecule has 0 aliphatic rings. The molecule has 0 fully saturated rings. The molecule has 0 atom stereocenters. The lowest BCUT2D eigenvalue weighted by molar-refractivity contribution is -0.384. The number of nitro benzene ring substituents is 1. The number of halogens is 1. The Labute approximate surface area is 152 Å². The molecule has 7 heteroatoms. The number of oxazole rings is 1. The predicted molar refractivity (Wildman–Crippen MR) is 98.5 cm³/mol. The van der Waals surface area contributed by atoms with E-state index in [1.807, 2.05) is 24.3 Å². The van der Waals surface area contributed by atoms with Crippen LogP contribution in [0.25, 0.3) is 33.5 Å². The predicted octanol–water partition coefficient (Wildman–Crippen LogP) is 5.73. The number of furan rings is 1. The zero-order chi connectivity index (χ0) is 18.1. The summed E-state index contributed by atoms with van der Waals surface area (Å²) in [5.41, 5.74) is 2.13. The van der Waals surface area contributed by atoms with Crippen molar-refractivity contribution in [1.82, 2.24) is 4.98 Å². The van der Waals surface area contributed by atoms with Crippen molar-refractivity contribution in [2.45, 2.75) is 0 Å². The van der Waals surface area contributed by atoms with E-state index < -0.39 is 4.92 Å². The first-order valence-electron chi connectivity index (χ1n) is 7.68. The molecule has 0 spiro atoms. The zero-order valence-electron chi connectivity index (χ0n) is 13.3. The van der Waals surface area contributed by atoms with Gasteiger partial charge in [0.2, 0.25) is 5.89 Å². The quantitative estimate of drug-likeness (QED) is 0.340. The third-order valence-electron chi connectivity index (χ3n) is 3.76. The number of nitrogens with zero attached hydrogens (tertiary/aromatic N) is 2. The van der Waals surface area contributed by atoms with Gasteiger partial charge in [-0.05, 0) is 36.4 Å². The van der Waals surface area contributed by atoms with Crippen LogP contribution in [-0.4, -0.2) is 9.91 Å². The number of non-ortho nitro benzene ring substituents is 1. The summed E-state index contributed by atoms with van der Waals surface area (Å²) in [4.78, 5) is 14.6. The van der Waals surface area contributed by atoms with Crippen LogP contribution in [0.2, 0.25) is 0 Å². The van der Waals surface area contributed by atoms with Gasteiger partial charge in [-0.2, -0.15) is 0 Å². The number of nitro groups is 1. The summed E-state index contributed by atoms with van der Waals surface area (Å²) >= 11 is 6.29. The second-order valence-corrected chi connectivity index (χ2v) is 5.89. The highest BCUT2D eigenvalue weighted by molar-refractivity contribution is 6.50. The van der Waals surface area contributed by atoms with E-state index in [9.17, 15) is 10.1 Å². The van der Waals surface area contributed by atoms with E-state index >= 15 is 0 Å². The van der Waals surface area contributed by atoms with Gasteiger partial charge in [-0.15, -0.1) is 0 Å². The first-order chi connectivity index (χ1) is 12.6. The van der Waals surface area contributed by atoms with Gasteiger partial charge in [-0.25, -0.2) is 4.98 Å². The summed E-state index contributed by atoms with van der Waals surface area (Å²) in [6.45, 7) is 0. The van der Waals surface area contributed by atoms with Crippen LogP contribution in [0.5, 0.6) is 0 Å². The van der Waals surface area contributed by atoms with Crippen molar-refractivity contribution in [2.75, 3.05) is 0 Å². The van der Waals surface area contributed by atoms with Crippen LogP contribution < -0.4 is 0 Å². The van der Waals surface area contributed by atoms with Gasteiger partial charge >= 0.3 is 0 Å². The van der Waals surface area contributed by atoms with Crippen molar-refractivity contribution in [2.24, 2.45) is 0 Å². The van der Waals surface area contributed by atoms with Crippen LogP contribution in [0.1, 0.15) is 11.7 Å². The van der Waals surface area contributed by atoms with E-state index in [1.54, 1.807) is 30.3 Å². The average Bonchev–Trinajstić information content (AvgIpc) is 3.28. The molecule has 0 aliphatic heterocycles. The molecule has 4 aromatic rings. The molecule has 0 radical (unpaired) electrons. The maximum atomic E-state index is 10.7. The molecule has 0 aliphatic carbocycles. The molecule has 2 aromatic carbocycles. The molecule has 0 saturated carbocycles. The number of rotatable bonds is 4. The monoisotopic (exact) mass is 366 g/mol. The SMILES string of the molecule is O=[N+]([O-])c1ccc(-c2ccc(/C=C(\Cl)c3nc4ccccc4o3)o2)cc1. The maximum Gasteiger partial charge on any atom is 0.269 e. The lowest BCUT2D eigenvalue weighted by atomic mass is 10.1. The van der Waals surface area contributed by atoms with E-state index in [0.29, 0.717) is 28.0 Å². The number of benzene rings is 2. The van der Waals surface area contributed by atoms with E-state index in [0.717, 1.165) is 11.1 Å². The number of hydrogen-bond acceptors (Lipinski definition) is 5. The van der Waals surface area contributed by atoms with Crippen LogP contribution >= 0.6 is 11.6 Å². The van der Waals surface area contributed by atoms with Crippen LogP contribution in [0.15, 0.2) is 69.5 Å². The maximum absolute atomic E-state index is 10.7. The molecule has 0 N–H and O–H groups in total. The molecule has 0 amide bonds. The Morgan fingerprint density at radius 3 is 2.54 bits per heavy atom. The van der Waals surface area contributed by atoms with Crippen molar-refractivity contribution >= 4 is 39.5 Å². The summed E-state index contributed by atoms with van der Waals surface area (Å²) in [5, 5.41) is 11.0. The van der Waals surface area contributed by atoms with Gasteiger partial charge in [-0.1, -0.05) is 23.7 Å². The smallest absolute Gasteiger partial charge is 0.269 e. The lowest BCUT2D eigenvalue weighted by Gasteiger charge is -1.96. The van der Waals surface area contributed by atoms with Crippen LogP contribution in [-0.2, 0) is 0 Å².